The van der Waals surface area contributed by atoms with Crippen LogP contribution in [0, 0.1) is 6.92 Å². The number of ketones is 1. The predicted octanol–water partition coefficient (Wildman–Crippen LogP) is 4.64. The SMILES string of the molecule is CN[C@@H](C)C(=O)NC1CN(C(=O)c2ccccc2C(C)=O)c2ccccc2N(Cc2c(C)ccc3ccccc23)C1=O. The Labute approximate surface area is 245 Å². The van der Waals surface area contributed by atoms with Crippen molar-refractivity contribution in [3.8, 4) is 0 Å². The quantitative estimate of drug-likeness (QED) is 0.320. The Balaban J connectivity index is 1.66. The molecule has 1 aliphatic heterocycles. The summed E-state index contributed by atoms with van der Waals surface area (Å²) in [5, 5.41) is 7.87. The number of Topliss-reactive ketones (excluding diaryl/α,β-unsaturated/α-hetero) is 1. The highest BCUT2D eigenvalue weighted by Crippen LogP contribution is 2.36. The summed E-state index contributed by atoms with van der Waals surface area (Å²) < 4.78 is 0. The van der Waals surface area contributed by atoms with E-state index in [1.807, 2.05) is 55.5 Å². The maximum absolute atomic E-state index is 14.4. The van der Waals surface area contributed by atoms with E-state index in [2.05, 4.69) is 16.7 Å². The van der Waals surface area contributed by atoms with Gasteiger partial charge >= 0.3 is 0 Å². The maximum atomic E-state index is 14.4. The summed E-state index contributed by atoms with van der Waals surface area (Å²) in [4.78, 5) is 57.2. The molecule has 42 heavy (non-hydrogen) atoms. The van der Waals surface area contributed by atoms with E-state index in [-0.39, 0.29) is 36.3 Å². The van der Waals surface area contributed by atoms with Gasteiger partial charge in [0, 0.05) is 5.56 Å². The van der Waals surface area contributed by atoms with Gasteiger partial charge in [0.1, 0.15) is 6.04 Å². The molecule has 0 saturated heterocycles. The number of likely N-dealkylation sites (N-methyl/N-ethyl adjacent to an activating group) is 1. The van der Waals surface area contributed by atoms with Crippen molar-refractivity contribution in [2.75, 3.05) is 23.4 Å². The molecule has 0 saturated carbocycles. The molecule has 0 fully saturated rings. The summed E-state index contributed by atoms with van der Waals surface area (Å²) >= 11 is 0. The van der Waals surface area contributed by atoms with Gasteiger partial charge in [0.25, 0.3) is 11.8 Å². The molecule has 0 radical (unpaired) electrons. The Bertz CT molecular complexity index is 1700. The minimum atomic E-state index is -1.04. The molecule has 0 aliphatic carbocycles. The molecule has 0 aromatic heterocycles. The number of carbonyl (C=O) groups excluding carboxylic acids is 4. The van der Waals surface area contributed by atoms with Crippen molar-refractivity contribution < 1.29 is 19.2 Å². The van der Waals surface area contributed by atoms with Crippen LogP contribution >= 0.6 is 0 Å². The van der Waals surface area contributed by atoms with E-state index in [4.69, 9.17) is 0 Å². The zero-order valence-corrected chi connectivity index (χ0v) is 24.2. The summed E-state index contributed by atoms with van der Waals surface area (Å²) in [5.41, 5.74) is 3.59. The van der Waals surface area contributed by atoms with Gasteiger partial charge in [-0.3, -0.25) is 19.2 Å². The highest BCUT2D eigenvalue weighted by atomic mass is 16.2. The first kappa shape index (κ1) is 28.7. The third-order valence-corrected chi connectivity index (χ3v) is 7.91. The summed E-state index contributed by atoms with van der Waals surface area (Å²) in [6.45, 7) is 5.27. The molecule has 1 unspecified atom stereocenters. The lowest BCUT2D eigenvalue weighted by Crippen LogP contribution is -2.55. The minimum absolute atomic E-state index is 0.103. The Morgan fingerprint density at radius 2 is 1.52 bits per heavy atom. The zero-order chi connectivity index (χ0) is 30.0. The number of amides is 3. The standard InChI is InChI=1S/C34H34N4O4/c1-21-17-18-24-11-5-6-13-26(24)28(21)19-37-30-15-9-10-16-31(30)38(20-29(34(37)42)36-32(40)22(2)35-4)33(41)27-14-8-7-12-25(27)23(3)39/h5-18,22,29,35H,19-20H2,1-4H3,(H,36,40)/t22-,29?/m0/s1. The number of nitrogens with zero attached hydrogens (tertiary/aromatic N) is 2. The van der Waals surface area contributed by atoms with Gasteiger partial charge in [-0.15, -0.1) is 0 Å². The highest BCUT2D eigenvalue weighted by Gasteiger charge is 2.38. The maximum Gasteiger partial charge on any atom is 0.259 e. The number of anilines is 2. The fraction of sp³-hybridized carbons (Fsp3) is 0.235. The third kappa shape index (κ3) is 5.41. The minimum Gasteiger partial charge on any atom is -0.341 e. The van der Waals surface area contributed by atoms with Crippen LogP contribution in [0.5, 0.6) is 0 Å². The highest BCUT2D eigenvalue weighted by molar-refractivity contribution is 6.16. The van der Waals surface area contributed by atoms with Crippen LogP contribution in [0.15, 0.2) is 84.9 Å². The molecule has 2 atom stereocenters. The van der Waals surface area contributed by atoms with E-state index in [0.29, 0.717) is 16.9 Å². The normalized spacial score (nSPS) is 15.6. The van der Waals surface area contributed by atoms with E-state index < -0.39 is 18.0 Å². The number of fused-ring (bicyclic) bond motifs is 2. The van der Waals surface area contributed by atoms with E-state index in [1.54, 1.807) is 49.2 Å². The lowest BCUT2D eigenvalue weighted by molar-refractivity contribution is -0.128. The first-order valence-electron chi connectivity index (χ1n) is 14.0. The molecule has 5 rings (SSSR count). The van der Waals surface area contributed by atoms with Gasteiger partial charge < -0.3 is 20.4 Å². The topological polar surface area (TPSA) is 98.8 Å². The fourth-order valence-corrected chi connectivity index (χ4v) is 5.41. The third-order valence-electron chi connectivity index (χ3n) is 7.91. The van der Waals surface area contributed by atoms with Gasteiger partial charge in [0.15, 0.2) is 5.78 Å². The number of nitrogens with one attached hydrogen (secondary N) is 2. The number of para-hydroxylation sites is 2. The lowest BCUT2D eigenvalue weighted by atomic mass is 9.99. The van der Waals surface area contributed by atoms with Crippen LogP contribution in [-0.2, 0) is 16.1 Å². The van der Waals surface area contributed by atoms with Crippen LogP contribution in [0.2, 0.25) is 0 Å². The average Bonchev–Trinajstić information content (AvgIpc) is 3.12. The summed E-state index contributed by atoms with van der Waals surface area (Å²) in [6, 6.07) is 24.4. The first-order valence-corrected chi connectivity index (χ1v) is 14.0. The number of benzene rings is 4. The Hall–Kier alpha value is -4.82. The van der Waals surface area contributed by atoms with Gasteiger partial charge in [0.2, 0.25) is 5.91 Å². The average molecular weight is 563 g/mol. The fourth-order valence-electron chi connectivity index (χ4n) is 5.41. The Morgan fingerprint density at radius 1 is 0.881 bits per heavy atom. The number of rotatable bonds is 7. The molecule has 2 N–H and O–H groups in total. The van der Waals surface area contributed by atoms with Gasteiger partial charge in [-0.2, -0.15) is 0 Å². The molecule has 3 amide bonds. The predicted molar refractivity (Wildman–Crippen MR) is 165 cm³/mol. The largest absolute Gasteiger partial charge is 0.341 e. The monoisotopic (exact) mass is 562 g/mol. The van der Waals surface area contributed by atoms with Crippen LogP contribution in [0.25, 0.3) is 10.8 Å². The number of hydrogen-bond donors (Lipinski definition) is 2. The van der Waals surface area contributed by atoms with Crippen molar-refractivity contribution in [1.29, 1.82) is 0 Å². The van der Waals surface area contributed by atoms with E-state index in [9.17, 15) is 19.2 Å². The van der Waals surface area contributed by atoms with Crippen LogP contribution < -0.4 is 20.4 Å². The summed E-state index contributed by atoms with van der Waals surface area (Å²) in [6.07, 6.45) is 0. The molecular weight excluding hydrogens is 528 g/mol. The van der Waals surface area contributed by atoms with Gasteiger partial charge in [-0.1, -0.05) is 66.7 Å². The van der Waals surface area contributed by atoms with Gasteiger partial charge in [0.05, 0.1) is 36.1 Å². The second-order valence-corrected chi connectivity index (χ2v) is 10.6. The van der Waals surface area contributed by atoms with Gasteiger partial charge in [-0.05, 0) is 67.9 Å². The van der Waals surface area contributed by atoms with Crippen molar-refractivity contribution >= 4 is 45.7 Å². The second kappa shape index (κ2) is 12.0. The first-order chi connectivity index (χ1) is 20.2. The molecule has 4 aromatic carbocycles. The van der Waals surface area contributed by atoms with Gasteiger partial charge in [-0.25, -0.2) is 0 Å². The number of carbonyl (C=O) groups is 4. The molecule has 4 aromatic rings. The molecule has 214 valence electrons. The van der Waals surface area contributed by atoms with Crippen molar-refractivity contribution in [1.82, 2.24) is 10.6 Å². The molecule has 1 aliphatic rings. The van der Waals surface area contributed by atoms with Crippen molar-refractivity contribution in [3.63, 3.8) is 0 Å². The second-order valence-electron chi connectivity index (χ2n) is 10.6. The summed E-state index contributed by atoms with van der Waals surface area (Å²) in [5.74, 6) is -1.36. The summed E-state index contributed by atoms with van der Waals surface area (Å²) in [7, 11) is 1.67. The molecule has 1 heterocycles. The van der Waals surface area contributed by atoms with Crippen LogP contribution in [0.3, 0.4) is 0 Å². The number of aryl methyl sites for hydroxylation is 1. The Morgan fingerprint density at radius 3 is 2.24 bits per heavy atom. The molecule has 8 nitrogen and oxygen atoms in total. The van der Waals surface area contributed by atoms with Crippen LogP contribution in [-0.4, -0.2) is 49.2 Å². The van der Waals surface area contributed by atoms with E-state index in [1.165, 1.54) is 11.8 Å². The van der Waals surface area contributed by atoms with E-state index >= 15 is 0 Å². The smallest absolute Gasteiger partial charge is 0.259 e. The van der Waals surface area contributed by atoms with Crippen LogP contribution in [0.1, 0.15) is 45.7 Å². The molecular formula is C34H34N4O4. The molecule has 8 heteroatoms. The molecule has 0 bridgehead atoms. The van der Waals surface area contributed by atoms with Crippen molar-refractivity contribution in [2.24, 2.45) is 0 Å². The zero-order valence-electron chi connectivity index (χ0n) is 24.2. The Kier molecular flexibility index (Phi) is 8.17. The van der Waals surface area contributed by atoms with Crippen molar-refractivity contribution in [2.45, 2.75) is 39.4 Å². The lowest BCUT2D eigenvalue weighted by Gasteiger charge is -2.27. The van der Waals surface area contributed by atoms with Crippen LogP contribution in [0.4, 0.5) is 11.4 Å². The van der Waals surface area contributed by atoms with E-state index in [0.717, 1.165) is 21.9 Å². The molecule has 0 spiro atoms. The van der Waals surface area contributed by atoms with Crippen molar-refractivity contribution in [3.05, 3.63) is 107 Å². The number of hydrogen-bond acceptors (Lipinski definition) is 5.